The molecule has 0 radical (unpaired) electrons. The summed E-state index contributed by atoms with van der Waals surface area (Å²) in [4.78, 5) is 0. The maximum Gasteiger partial charge on any atom is 0.0919 e. The van der Waals surface area contributed by atoms with Gasteiger partial charge in [-0.1, -0.05) is 13.8 Å². The van der Waals surface area contributed by atoms with E-state index >= 15 is 0 Å². The second kappa shape index (κ2) is 3.27. The van der Waals surface area contributed by atoms with Gasteiger partial charge in [-0.2, -0.15) is 0 Å². The number of hydrogen-bond donors (Lipinski definition) is 1. The van der Waals surface area contributed by atoms with Crippen molar-refractivity contribution in [1.29, 1.82) is 0 Å². The fourth-order valence-electron chi connectivity index (χ4n) is 4.78. The van der Waals surface area contributed by atoms with Gasteiger partial charge in [0, 0.05) is 0 Å². The van der Waals surface area contributed by atoms with Gasteiger partial charge in [-0.25, -0.2) is 0 Å². The van der Waals surface area contributed by atoms with E-state index in [1.807, 2.05) is 0 Å². The topological polar surface area (TPSA) is 29.5 Å². The lowest BCUT2D eigenvalue weighted by atomic mass is 9.50. The van der Waals surface area contributed by atoms with Gasteiger partial charge >= 0.3 is 0 Å². The molecule has 2 bridgehead atoms. The molecule has 2 saturated heterocycles. The second-order valence-corrected chi connectivity index (χ2v) is 7.73. The summed E-state index contributed by atoms with van der Waals surface area (Å²) in [5, 5.41) is 10.2. The van der Waals surface area contributed by atoms with E-state index in [2.05, 4.69) is 27.7 Å². The third-order valence-electron chi connectivity index (χ3n) is 6.06. The number of aliphatic hydroxyl groups excluding tert-OH is 1. The zero-order chi connectivity index (χ0) is 12.5. The predicted octanol–water partition coefficient (Wildman–Crippen LogP) is 3.13. The fraction of sp³-hybridized carbons (Fsp3) is 1.00. The van der Waals surface area contributed by atoms with E-state index in [-0.39, 0.29) is 17.3 Å². The van der Waals surface area contributed by atoms with Crippen LogP contribution in [0.15, 0.2) is 0 Å². The van der Waals surface area contributed by atoms with Crippen molar-refractivity contribution < 1.29 is 9.84 Å². The zero-order valence-corrected chi connectivity index (χ0v) is 11.6. The lowest BCUT2D eigenvalue weighted by Gasteiger charge is -2.58. The summed E-state index contributed by atoms with van der Waals surface area (Å²) in [5.74, 6) is 1.51. The Bertz CT molecular complexity index is 338. The third kappa shape index (κ3) is 1.53. The molecule has 17 heavy (non-hydrogen) atoms. The van der Waals surface area contributed by atoms with Crippen LogP contribution in [0.25, 0.3) is 0 Å². The van der Waals surface area contributed by atoms with Crippen molar-refractivity contribution in [1.82, 2.24) is 0 Å². The van der Waals surface area contributed by atoms with E-state index in [4.69, 9.17) is 4.74 Å². The molecule has 1 aliphatic carbocycles. The minimum atomic E-state index is -0.291. The number of rotatable bonds is 0. The standard InChI is InChI=1S/C15H26O2/c1-13(2)9-11-10(13)5-7-15(4)12(16)6-8-14(11,3)17-15/h10-12,16H,5-9H2,1-4H3/t10-,11+,12-,14-,15-/m1/s1. The molecule has 1 saturated carbocycles. The molecule has 1 N–H and O–H groups in total. The molecule has 0 amide bonds. The van der Waals surface area contributed by atoms with Crippen molar-refractivity contribution in [2.24, 2.45) is 17.3 Å². The van der Waals surface area contributed by atoms with Crippen molar-refractivity contribution in [3.63, 3.8) is 0 Å². The van der Waals surface area contributed by atoms with Crippen molar-refractivity contribution in [3.8, 4) is 0 Å². The molecule has 0 aromatic rings. The molecule has 2 heterocycles. The largest absolute Gasteiger partial charge is 0.390 e. The first-order valence-electron chi connectivity index (χ1n) is 7.15. The first kappa shape index (κ1) is 12.0. The Labute approximate surface area is 105 Å². The summed E-state index contributed by atoms with van der Waals surface area (Å²) in [6.07, 6.45) is 5.21. The number of fused-ring (bicyclic) bond motifs is 4. The SMILES string of the molecule is CC1(C)C[C@H]2[C@H]1CC[C@@]1(C)O[C@]2(C)CC[C@H]1O. The Morgan fingerprint density at radius 2 is 1.59 bits per heavy atom. The Morgan fingerprint density at radius 1 is 0.941 bits per heavy atom. The minimum Gasteiger partial charge on any atom is -0.390 e. The highest BCUT2D eigenvalue weighted by molar-refractivity contribution is 5.10. The molecule has 3 aliphatic rings. The summed E-state index contributed by atoms with van der Waals surface area (Å²) in [7, 11) is 0. The molecule has 3 fully saturated rings. The highest BCUT2D eigenvalue weighted by Gasteiger charge is 2.61. The summed E-state index contributed by atoms with van der Waals surface area (Å²) in [5.41, 5.74) is 0.209. The number of aliphatic hydroxyl groups is 1. The molecule has 2 nitrogen and oxygen atoms in total. The van der Waals surface area contributed by atoms with E-state index in [1.54, 1.807) is 0 Å². The van der Waals surface area contributed by atoms with Gasteiger partial charge in [-0.05, 0) is 63.2 Å². The highest BCUT2D eigenvalue weighted by Crippen LogP contribution is 2.62. The number of hydrogen-bond acceptors (Lipinski definition) is 2. The van der Waals surface area contributed by atoms with Crippen LogP contribution in [0.4, 0.5) is 0 Å². The third-order valence-corrected chi connectivity index (χ3v) is 6.06. The quantitative estimate of drug-likeness (QED) is 0.702. The lowest BCUT2D eigenvalue weighted by molar-refractivity contribution is -0.253. The smallest absolute Gasteiger partial charge is 0.0919 e. The van der Waals surface area contributed by atoms with Gasteiger partial charge in [0.15, 0.2) is 0 Å². The second-order valence-electron chi connectivity index (χ2n) is 7.73. The van der Waals surface area contributed by atoms with Crippen LogP contribution in [-0.2, 0) is 4.74 Å². The van der Waals surface area contributed by atoms with E-state index in [0.717, 1.165) is 25.2 Å². The molecule has 0 aromatic heterocycles. The maximum absolute atomic E-state index is 10.2. The number of ether oxygens (including phenoxy) is 1. The van der Waals surface area contributed by atoms with Gasteiger partial charge in [-0.3, -0.25) is 0 Å². The van der Waals surface area contributed by atoms with Gasteiger partial charge < -0.3 is 9.84 Å². The van der Waals surface area contributed by atoms with Crippen LogP contribution in [0.2, 0.25) is 0 Å². The molecule has 5 atom stereocenters. The summed E-state index contributed by atoms with van der Waals surface area (Å²) < 4.78 is 6.41. The monoisotopic (exact) mass is 238 g/mol. The van der Waals surface area contributed by atoms with Gasteiger partial charge in [-0.15, -0.1) is 0 Å². The molecule has 0 aromatic carbocycles. The first-order valence-corrected chi connectivity index (χ1v) is 7.15. The average Bonchev–Trinajstić information content (AvgIpc) is 2.28. The Morgan fingerprint density at radius 3 is 2.24 bits per heavy atom. The van der Waals surface area contributed by atoms with Gasteiger partial charge in [0.05, 0.1) is 17.3 Å². The van der Waals surface area contributed by atoms with E-state index in [0.29, 0.717) is 11.3 Å². The van der Waals surface area contributed by atoms with Crippen molar-refractivity contribution >= 4 is 0 Å². The molecule has 2 aliphatic heterocycles. The van der Waals surface area contributed by atoms with Crippen LogP contribution in [0, 0.1) is 17.3 Å². The minimum absolute atomic E-state index is 0.0185. The van der Waals surface area contributed by atoms with E-state index < -0.39 is 0 Å². The zero-order valence-electron chi connectivity index (χ0n) is 11.6. The molecular weight excluding hydrogens is 212 g/mol. The van der Waals surface area contributed by atoms with Crippen LogP contribution in [0.3, 0.4) is 0 Å². The molecule has 3 rings (SSSR count). The Kier molecular flexibility index (Phi) is 2.30. The van der Waals surface area contributed by atoms with Crippen LogP contribution in [0.5, 0.6) is 0 Å². The van der Waals surface area contributed by atoms with Crippen LogP contribution in [0.1, 0.15) is 59.8 Å². The van der Waals surface area contributed by atoms with E-state index in [1.165, 1.54) is 12.8 Å². The normalized spacial score (nSPS) is 56.6. The lowest BCUT2D eigenvalue weighted by Crippen LogP contribution is -2.59. The first-order chi connectivity index (χ1) is 7.77. The average molecular weight is 238 g/mol. The molecule has 0 spiro atoms. The van der Waals surface area contributed by atoms with Gasteiger partial charge in [0.1, 0.15) is 0 Å². The predicted molar refractivity (Wildman–Crippen MR) is 67.7 cm³/mol. The summed E-state index contributed by atoms with van der Waals surface area (Å²) in [6, 6.07) is 0. The van der Waals surface area contributed by atoms with Crippen molar-refractivity contribution in [3.05, 3.63) is 0 Å². The van der Waals surface area contributed by atoms with Gasteiger partial charge in [0.2, 0.25) is 0 Å². The van der Waals surface area contributed by atoms with Crippen LogP contribution in [-0.4, -0.2) is 22.4 Å². The van der Waals surface area contributed by atoms with Crippen molar-refractivity contribution in [2.45, 2.75) is 77.1 Å². The fourth-order valence-corrected chi connectivity index (χ4v) is 4.78. The van der Waals surface area contributed by atoms with Gasteiger partial charge in [0.25, 0.3) is 0 Å². The molecular formula is C15H26O2. The van der Waals surface area contributed by atoms with Crippen LogP contribution < -0.4 is 0 Å². The highest BCUT2D eigenvalue weighted by atomic mass is 16.5. The molecule has 0 unspecified atom stereocenters. The van der Waals surface area contributed by atoms with E-state index in [9.17, 15) is 5.11 Å². The van der Waals surface area contributed by atoms with Crippen molar-refractivity contribution in [2.75, 3.05) is 0 Å². The molecule has 2 heteroatoms. The summed E-state index contributed by atoms with van der Waals surface area (Å²) in [6.45, 7) is 9.19. The Hall–Kier alpha value is -0.0800. The van der Waals surface area contributed by atoms with Crippen LogP contribution >= 0.6 is 0 Å². The molecule has 98 valence electrons. The summed E-state index contributed by atoms with van der Waals surface area (Å²) >= 11 is 0. The Balaban J connectivity index is 1.93. The maximum atomic E-state index is 10.2.